The number of hydrogen-bond acceptors (Lipinski definition) is 5. The van der Waals surface area contributed by atoms with Crippen LogP contribution in [0.15, 0.2) is 28.9 Å². The van der Waals surface area contributed by atoms with Gasteiger partial charge < -0.3 is 14.8 Å². The van der Waals surface area contributed by atoms with Crippen molar-refractivity contribution in [2.45, 2.75) is 13.3 Å². The number of hydrogen-bond donors (Lipinski definition) is 1. The van der Waals surface area contributed by atoms with Gasteiger partial charge in [0.25, 0.3) is 0 Å². The van der Waals surface area contributed by atoms with E-state index in [1.165, 1.54) is 0 Å². The van der Waals surface area contributed by atoms with Gasteiger partial charge in [0.15, 0.2) is 17.3 Å². The first-order chi connectivity index (χ1) is 10.3. The van der Waals surface area contributed by atoms with E-state index in [4.69, 9.17) is 9.47 Å². The predicted octanol–water partition coefficient (Wildman–Crippen LogP) is 3.50. The third-order valence-corrected chi connectivity index (χ3v) is 3.67. The summed E-state index contributed by atoms with van der Waals surface area (Å²) in [7, 11) is 0. The van der Waals surface area contributed by atoms with Crippen LogP contribution in [0.4, 0.5) is 5.82 Å². The van der Waals surface area contributed by atoms with E-state index in [0.717, 1.165) is 40.3 Å². The number of anilines is 1. The SMILES string of the molecule is CCNc1nc(-c2ccc3c(c2)OCCCO3)ncc1Br. The molecule has 0 bridgehead atoms. The second-order valence-corrected chi connectivity index (χ2v) is 5.49. The van der Waals surface area contributed by atoms with E-state index in [2.05, 4.69) is 31.2 Å². The first kappa shape index (κ1) is 14.1. The highest BCUT2D eigenvalue weighted by Gasteiger charge is 2.13. The van der Waals surface area contributed by atoms with Crippen molar-refractivity contribution in [3.05, 3.63) is 28.9 Å². The summed E-state index contributed by atoms with van der Waals surface area (Å²) in [6.07, 6.45) is 2.65. The van der Waals surface area contributed by atoms with Crippen molar-refractivity contribution in [1.82, 2.24) is 9.97 Å². The lowest BCUT2D eigenvalue weighted by Crippen LogP contribution is -2.02. The van der Waals surface area contributed by atoms with Crippen LogP contribution in [-0.2, 0) is 0 Å². The summed E-state index contributed by atoms with van der Waals surface area (Å²) in [6.45, 7) is 4.18. The van der Waals surface area contributed by atoms with Gasteiger partial charge in [-0.15, -0.1) is 0 Å². The normalized spacial score (nSPS) is 13.6. The van der Waals surface area contributed by atoms with Gasteiger partial charge in [-0.25, -0.2) is 9.97 Å². The van der Waals surface area contributed by atoms with Crippen molar-refractivity contribution in [3.63, 3.8) is 0 Å². The molecule has 0 atom stereocenters. The maximum atomic E-state index is 5.71. The third-order valence-electron chi connectivity index (χ3n) is 3.09. The Labute approximate surface area is 131 Å². The highest BCUT2D eigenvalue weighted by atomic mass is 79.9. The smallest absolute Gasteiger partial charge is 0.161 e. The van der Waals surface area contributed by atoms with Crippen LogP contribution in [0.25, 0.3) is 11.4 Å². The summed E-state index contributed by atoms with van der Waals surface area (Å²) < 4.78 is 12.2. The molecular weight excluding hydrogens is 334 g/mol. The molecule has 3 rings (SSSR count). The van der Waals surface area contributed by atoms with Crippen LogP contribution in [0.5, 0.6) is 11.5 Å². The number of nitrogens with one attached hydrogen (secondary N) is 1. The molecule has 1 aliphatic heterocycles. The van der Waals surface area contributed by atoms with E-state index in [1.54, 1.807) is 6.20 Å². The Hall–Kier alpha value is -1.82. The minimum atomic E-state index is 0.657. The second kappa shape index (κ2) is 6.30. The van der Waals surface area contributed by atoms with Crippen molar-refractivity contribution < 1.29 is 9.47 Å². The molecule has 0 amide bonds. The molecule has 0 spiro atoms. The summed E-state index contributed by atoms with van der Waals surface area (Å²) in [6, 6.07) is 5.79. The molecule has 0 unspecified atom stereocenters. The number of halogens is 1. The first-order valence-electron chi connectivity index (χ1n) is 6.94. The van der Waals surface area contributed by atoms with E-state index in [0.29, 0.717) is 19.0 Å². The average Bonchev–Trinajstić information content (AvgIpc) is 2.74. The topological polar surface area (TPSA) is 56.3 Å². The maximum absolute atomic E-state index is 5.71. The lowest BCUT2D eigenvalue weighted by Gasteiger charge is -2.10. The van der Waals surface area contributed by atoms with E-state index in [-0.39, 0.29) is 0 Å². The molecule has 6 heteroatoms. The van der Waals surface area contributed by atoms with Crippen LogP contribution in [0.3, 0.4) is 0 Å². The second-order valence-electron chi connectivity index (χ2n) is 4.63. The molecule has 1 aromatic heterocycles. The molecule has 2 heterocycles. The zero-order valence-corrected chi connectivity index (χ0v) is 13.3. The van der Waals surface area contributed by atoms with Crippen molar-refractivity contribution in [2.75, 3.05) is 25.1 Å². The minimum absolute atomic E-state index is 0.657. The number of aromatic nitrogens is 2. The predicted molar refractivity (Wildman–Crippen MR) is 84.9 cm³/mol. The Bertz CT molecular complexity index is 649. The van der Waals surface area contributed by atoms with Gasteiger partial charge >= 0.3 is 0 Å². The van der Waals surface area contributed by atoms with Crippen LogP contribution in [0.2, 0.25) is 0 Å². The van der Waals surface area contributed by atoms with Gasteiger partial charge in [0.05, 0.1) is 17.7 Å². The molecule has 21 heavy (non-hydrogen) atoms. The van der Waals surface area contributed by atoms with Gasteiger partial charge in [-0.2, -0.15) is 0 Å². The van der Waals surface area contributed by atoms with Crippen molar-refractivity contribution in [1.29, 1.82) is 0 Å². The molecule has 110 valence electrons. The van der Waals surface area contributed by atoms with Crippen LogP contribution in [0.1, 0.15) is 13.3 Å². The molecule has 0 saturated carbocycles. The third kappa shape index (κ3) is 3.10. The van der Waals surface area contributed by atoms with E-state index in [9.17, 15) is 0 Å². The van der Waals surface area contributed by atoms with Gasteiger partial charge in [-0.05, 0) is 41.1 Å². The molecule has 2 aromatic rings. The lowest BCUT2D eigenvalue weighted by molar-refractivity contribution is 0.297. The fourth-order valence-corrected chi connectivity index (χ4v) is 2.43. The molecule has 0 fully saturated rings. The van der Waals surface area contributed by atoms with Crippen molar-refractivity contribution in [2.24, 2.45) is 0 Å². The molecule has 1 N–H and O–H groups in total. The largest absolute Gasteiger partial charge is 0.490 e. The van der Waals surface area contributed by atoms with Gasteiger partial charge in [0.2, 0.25) is 0 Å². The van der Waals surface area contributed by atoms with E-state index < -0.39 is 0 Å². The summed E-state index contributed by atoms with van der Waals surface area (Å²) >= 11 is 3.44. The zero-order valence-electron chi connectivity index (χ0n) is 11.7. The average molecular weight is 350 g/mol. The number of rotatable bonds is 3. The highest BCUT2D eigenvalue weighted by Crippen LogP contribution is 2.33. The van der Waals surface area contributed by atoms with Gasteiger partial charge in [-0.3, -0.25) is 0 Å². The molecular formula is C15H16BrN3O2. The van der Waals surface area contributed by atoms with Gasteiger partial charge in [0.1, 0.15) is 5.82 Å². The zero-order chi connectivity index (χ0) is 14.7. The van der Waals surface area contributed by atoms with Gasteiger partial charge in [-0.1, -0.05) is 0 Å². The minimum Gasteiger partial charge on any atom is -0.490 e. The fourth-order valence-electron chi connectivity index (χ4n) is 2.10. The fraction of sp³-hybridized carbons (Fsp3) is 0.333. The van der Waals surface area contributed by atoms with E-state index in [1.807, 2.05) is 25.1 Å². The monoisotopic (exact) mass is 349 g/mol. The summed E-state index contributed by atoms with van der Waals surface area (Å²) in [5, 5.41) is 3.20. The number of fused-ring (bicyclic) bond motifs is 1. The standard InChI is InChI=1S/C15H16BrN3O2/c1-2-17-15-11(16)9-18-14(19-15)10-4-5-12-13(8-10)21-7-3-6-20-12/h4-5,8-9H,2-3,6-7H2,1H3,(H,17,18,19). The Morgan fingerprint density at radius 1 is 1.24 bits per heavy atom. The molecule has 5 nitrogen and oxygen atoms in total. The Kier molecular flexibility index (Phi) is 4.24. The Morgan fingerprint density at radius 2 is 2.05 bits per heavy atom. The lowest BCUT2D eigenvalue weighted by atomic mass is 10.2. The van der Waals surface area contributed by atoms with Crippen molar-refractivity contribution in [3.8, 4) is 22.9 Å². The summed E-state index contributed by atoms with van der Waals surface area (Å²) in [5.41, 5.74) is 0.908. The Balaban J connectivity index is 1.97. The number of ether oxygens (including phenoxy) is 2. The van der Waals surface area contributed by atoms with Crippen LogP contribution in [-0.4, -0.2) is 29.7 Å². The molecule has 0 aliphatic carbocycles. The maximum Gasteiger partial charge on any atom is 0.161 e. The summed E-state index contributed by atoms with van der Waals surface area (Å²) in [5.74, 6) is 2.97. The van der Waals surface area contributed by atoms with Crippen LogP contribution >= 0.6 is 15.9 Å². The molecule has 1 aromatic carbocycles. The van der Waals surface area contributed by atoms with Crippen LogP contribution < -0.4 is 14.8 Å². The van der Waals surface area contributed by atoms with Crippen molar-refractivity contribution >= 4 is 21.7 Å². The molecule has 0 radical (unpaired) electrons. The van der Waals surface area contributed by atoms with Crippen LogP contribution in [0, 0.1) is 0 Å². The van der Waals surface area contributed by atoms with Gasteiger partial charge in [0, 0.05) is 24.7 Å². The quantitative estimate of drug-likeness (QED) is 0.918. The first-order valence-corrected chi connectivity index (χ1v) is 7.73. The Morgan fingerprint density at radius 3 is 2.86 bits per heavy atom. The number of nitrogens with zero attached hydrogens (tertiary/aromatic N) is 2. The molecule has 1 aliphatic rings. The van der Waals surface area contributed by atoms with E-state index >= 15 is 0 Å². The highest BCUT2D eigenvalue weighted by molar-refractivity contribution is 9.10. The summed E-state index contributed by atoms with van der Waals surface area (Å²) in [4.78, 5) is 8.91. The number of benzene rings is 1. The molecule has 0 saturated heterocycles.